The molecule has 5 aromatic rings. The number of anilines is 1. The van der Waals surface area contributed by atoms with Crippen molar-refractivity contribution in [2.45, 2.75) is 43.5 Å². The minimum Gasteiger partial charge on any atom is -0.381 e. The van der Waals surface area contributed by atoms with Gasteiger partial charge < -0.3 is 5.32 Å². The highest BCUT2D eigenvalue weighted by Crippen LogP contribution is 2.40. The highest BCUT2D eigenvalue weighted by atomic mass is 32.2. The van der Waals surface area contributed by atoms with E-state index in [9.17, 15) is 8.42 Å². The molecule has 0 saturated heterocycles. The standard InChI is InChI=1S/C26H24N8O2S/c1-16-3-7-21(8-4-16)37(35,36)33-10-9-23-26(33)29-15-24-31-32-25(34(23)24)22-12-20(11-17(22)2)30-19-6-5-18(13-27)28-14-19/h3-10,14-15,17,20,22,30H,11-12H2,1-2H3/t17-,20+,22?/m1/s1. The molecule has 3 atom stereocenters. The summed E-state index contributed by atoms with van der Waals surface area (Å²) in [5.41, 5.74) is 3.79. The molecule has 0 spiro atoms. The maximum absolute atomic E-state index is 13.4. The average Bonchev–Trinajstić information content (AvgIpc) is 3.61. The van der Waals surface area contributed by atoms with Crippen LogP contribution < -0.4 is 5.32 Å². The molecule has 4 heterocycles. The maximum Gasteiger partial charge on any atom is 0.269 e. The van der Waals surface area contributed by atoms with E-state index in [1.54, 1.807) is 48.8 Å². The summed E-state index contributed by atoms with van der Waals surface area (Å²) in [6.45, 7) is 4.11. The van der Waals surface area contributed by atoms with Gasteiger partial charge in [0.2, 0.25) is 0 Å². The molecular weight excluding hydrogens is 488 g/mol. The number of hydrogen-bond acceptors (Lipinski definition) is 8. The SMILES string of the molecule is Cc1ccc(S(=O)(=O)n2ccc3c2ncc2nnc(C4C[C@@H](Nc5ccc(C#N)nc5)C[C@H]4C)n23)cc1. The lowest BCUT2D eigenvalue weighted by Gasteiger charge is -2.14. The zero-order chi connectivity index (χ0) is 25.7. The molecule has 4 aromatic heterocycles. The van der Waals surface area contributed by atoms with Gasteiger partial charge in [0.25, 0.3) is 10.0 Å². The fourth-order valence-corrected chi connectivity index (χ4v) is 6.51. The van der Waals surface area contributed by atoms with Crippen LogP contribution in [0.25, 0.3) is 16.8 Å². The zero-order valence-electron chi connectivity index (χ0n) is 20.3. The number of benzene rings is 1. The van der Waals surface area contributed by atoms with Gasteiger partial charge in [-0.05, 0) is 56.0 Å². The van der Waals surface area contributed by atoms with Crippen molar-refractivity contribution in [3.63, 3.8) is 0 Å². The molecule has 1 saturated carbocycles. The summed E-state index contributed by atoms with van der Waals surface area (Å²) in [6, 6.07) is 14.3. The van der Waals surface area contributed by atoms with E-state index in [-0.39, 0.29) is 16.9 Å². The molecule has 37 heavy (non-hydrogen) atoms. The Morgan fingerprint density at radius 2 is 1.84 bits per heavy atom. The Morgan fingerprint density at radius 3 is 2.57 bits per heavy atom. The number of hydrogen-bond donors (Lipinski definition) is 1. The van der Waals surface area contributed by atoms with Crippen LogP contribution in [0.3, 0.4) is 0 Å². The normalized spacial score (nSPS) is 19.9. The van der Waals surface area contributed by atoms with E-state index in [1.807, 2.05) is 23.5 Å². The van der Waals surface area contributed by atoms with Crippen LogP contribution in [0, 0.1) is 24.2 Å². The lowest BCUT2D eigenvalue weighted by molar-refractivity contribution is 0.507. The van der Waals surface area contributed by atoms with Crippen molar-refractivity contribution >= 4 is 32.5 Å². The molecule has 1 aliphatic carbocycles. The highest BCUT2D eigenvalue weighted by molar-refractivity contribution is 7.90. The van der Waals surface area contributed by atoms with Crippen molar-refractivity contribution in [1.82, 2.24) is 28.5 Å². The topological polar surface area (TPSA) is 131 Å². The molecule has 1 unspecified atom stereocenters. The summed E-state index contributed by atoms with van der Waals surface area (Å²) in [6.07, 6.45) is 6.54. The monoisotopic (exact) mass is 512 g/mol. The second kappa shape index (κ2) is 8.67. The number of nitrogens with one attached hydrogen (secondary N) is 1. The van der Waals surface area contributed by atoms with Crippen LogP contribution in [-0.2, 0) is 10.0 Å². The van der Waals surface area contributed by atoms with Gasteiger partial charge in [-0.25, -0.2) is 22.4 Å². The number of nitriles is 1. The predicted octanol–water partition coefficient (Wildman–Crippen LogP) is 3.89. The highest BCUT2D eigenvalue weighted by Gasteiger charge is 2.36. The quantitative estimate of drug-likeness (QED) is 0.375. The Labute approximate surface area is 213 Å². The van der Waals surface area contributed by atoms with Crippen LogP contribution >= 0.6 is 0 Å². The largest absolute Gasteiger partial charge is 0.381 e. The Kier molecular flexibility index (Phi) is 5.42. The minimum atomic E-state index is -3.82. The molecule has 0 radical (unpaired) electrons. The fourth-order valence-electron chi connectivity index (χ4n) is 5.22. The van der Waals surface area contributed by atoms with E-state index < -0.39 is 10.0 Å². The minimum absolute atomic E-state index is 0.112. The molecule has 0 aliphatic heterocycles. The van der Waals surface area contributed by atoms with E-state index in [4.69, 9.17) is 5.26 Å². The predicted molar refractivity (Wildman–Crippen MR) is 138 cm³/mol. The fraction of sp³-hybridized carbons (Fsp3) is 0.269. The number of nitrogens with zero attached hydrogens (tertiary/aromatic N) is 7. The van der Waals surface area contributed by atoms with Gasteiger partial charge >= 0.3 is 0 Å². The van der Waals surface area contributed by atoms with Crippen LogP contribution in [0.15, 0.2) is 66.0 Å². The van der Waals surface area contributed by atoms with Gasteiger partial charge in [0.1, 0.15) is 17.6 Å². The molecule has 0 amide bonds. The van der Waals surface area contributed by atoms with Gasteiger partial charge in [0, 0.05) is 18.2 Å². The summed E-state index contributed by atoms with van der Waals surface area (Å²) < 4.78 is 29.9. The molecule has 186 valence electrons. The van der Waals surface area contributed by atoms with Gasteiger partial charge in [-0.3, -0.25) is 4.40 Å². The van der Waals surface area contributed by atoms with Crippen LogP contribution in [0.2, 0.25) is 0 Å². The Morgan fingerprint density at radius 1 is 1.03 bits per heavy atom. The van der Waals surface area contributed by atoms with Crippen molar-refractivity contribution in [2.24, 2.45) is 5.92 Å². The van der Waals surface area contributed by atoms with Gasteiger partial charge in [0.15, 0.2) is 11.3 Å². The first-order chi connectivity index (χ1) is 17.8. The summed E-state index contributed by atoms with van der Waals surface area (Å²) in [5, 5.41) is 21.4. The molecule has 6 rings (SSSR count). The summed E-state index contributed by atoms with van der Waals surface area (Å²) in [4.78, 5) is 8.79. The van der Waals surface area contributed by atoms with Gasteiger partial charge in [-0.2, -0.15) is 5.26 Å². The summed E-state index contributed by atoms with van der Waals surface area (Å²) in [7, 11) is -3.82. The maximum atomic E-state index is 13.4. The second-order valence-corrected chi connectivity index (χ2v) is 11.4. The molecule has 1 N–H and O–H groups in total. The molecular formula is C26H24N8O2S. The van der Waals surface area contributed by atoms with Gasteiger partial charge in [-0.15, -0.1) is 10.2 Å². The van der Waals surface area contributed by atoms with E-state index in [1.165, 1.54) is 10.2 Å². The van der Waals surface area contributed by atoms with E-state index in [0.29, 0.717) is 28.4 Å². The Hall–Kier alpha value is -4.30. The van der Waals surface area contributed by atoms with E-state index in [0.717, 1.165) is 29.9 Å². The third-order valence-electron chi connectivity index (χ3n) is 7.10. The molecule has 11 heteroatoms. The second-order valence-electron chi connectivity index (χ2n) is 9.59. The van der Waals surface area contributed by atoms with Crippen LogP contribution in [-0.4, -0.2) is 43.0 Å². The number of aromatic nitrogens is 6. The molecule has 1 fully saturated rings. The molecule has 1 aromatic carbocycles. The van der Waals surface area contributed by atoms with E-state index >= 15 is 0 Å². The van der Waals surface area contributed by atoms with Crippen LogP contribution in [0.1, 0.15) is 42.8 Å². The average molecular weight is 513 g/mol. The van der Waals surface area contributed by atoms with Gasteiger partial charge in [-0.1, -0.05) is 24.6 Å². The summed E-state index contributed by atoms with van der Waals surface area (Å²) in [5.74, 6) is 1.22. The van der Waals surface area contributed by atoms with Crippen molar-refractivity contribution < 1.29 is 8.42 Å². The van der Waals surface area contributed by atoms with Crippen molar-refractivity contribution in [3.8, 4) is 6.07 Å². The summed E-state index contributed by atoms with van der Waals surface area (Å²) >= 11 is 0. The molecule has 1 aliphatic rings. The zero-order valence-corrected chi connectivity index (χ0v) is 21.1. The Bertz CT molecular complexity index is 1770. The number of pyridine rings is 1. The first-order valence-corrected chi connectivity index (χ1v) is 13.4. The lowest BCUT2D eigenvalue weighted by Crippen LogP contribution is -2.16. The Balaban J connectivity index is 1.35. The lowest BCUT2D eigenvalue weighted by atomic mass is 9.97. The smallest absolute Gasteiger partial charge is 0.269 e. The first-order valence-electron chi connectivity index (χ1n) is 12.0. The third-order valence-corrected chi connectivity index (χ3v) is 8.78. The molecule has 0 bridgehead atoms. The number of rotatable bonds is 5. The van der Waals surface area contributed by atoms with Crippen LogP contribution in [0.5, 0.6) is 0 Å². The first kappa shape index (κ1) is 23.1. The van der Waals surface area contributed by atoms with Crippen LogP contribution in [0.4, 0.5) is 5.69 Å². The van der Waals surface area contributed by atoms with E-state index in [2.05, 4.69) is 32.4 Å². The number of fused-ring (bicyclic) bond motifs is 3. The third kappa shape index (κ3) is 3.90. The van der Waals surface area contributed by atoms with Crippen molar-refractivity contribution in [3.05, 3.63) is 78.1 Å². The van der Waals surface area contributed by atoms with Crippen molar-refractivity contribution in [2.75, 3.05) is 5.32 Å². The molecule has 10 nitrogen and oxygen atoms in total. The van der Waals surface area contributed by atoms with Gasteiger partial charge in [0.05, 0.1) is 28.5 Å². The van der Waals surface area contributed by atoms with Crippen molar-refractivity contribution in [1.29, 1.82) is 5.26 Å². The number of aryl methyl sites for hydroxylation is 1.